The molecule has 16 nitrogen and oxygen atoms in total. The SMILES string of the molecule is COC(=O)c1cc([C@@H]2O[C@H](COC(c3ccccc3)(c3ccccc3)c3ccc(OC)cc3)[C@@H](F)[C@H]2OP(O)(=S)OC[C@H]2O[C@@H](n3cnc4c(NC(=O)c5ccccc5)ncnc43)[C@H](F)[C@@H]2C)ccn1. The molecule has 9 atom stereocenters. The van der Waals surface area contributed by atoms with Crippen LogP contribution in [0.3, 0.4) is 0 Å². The molecule has 362 valence electrons. The van der Waals surface area contributed by atoms with Crippen molar-refractivity contribution in [3.63, 3.8) is 0 Å². The highest BCUT2D eigenvalue weighted by molar-refractivity contribution is 8.07. The van der Waals surface area contributed by atoms with Gasteiger partial charge in [0.2, 0.25) is 0 Å². The van der Waals surface area contributed by atoms with Crippen LogP contribution >= 0.6 is 6.72 Å². The minimum absolute atomic E-state index is 0.0863. The van der Waals surface area contributed by atoms with Gasteiger partial charge in [0.25, 0.3) is 5.91 Å². The maximum atomic E-state index is 17.3. The van der Waals surface area contributed by atoms with Crippen LogP contribution in [0.15, 0.2) is 146 Å². The summed E-state index contributed by atoms with van der Waals surface area (Å²) >= 11 is 5.51. The number of alkyl halides is 2. The topological polar surface area (TPSA) is 188 Å². The number of anilines is 1. The first-order chi connectivity index (χ1) is 33.9. The summed E-state index contributed by atoms with van der Waals surface area (Å²) in [5.74, 6) is -1.25. The summed E-state index contributed by atoms with van der Waals surface area (Å²) in [6, 6.07) is 37.7. The molecular formula is C50H47F2N6O10PS. The Morgan fingerprint density at radius 3 is 2.13 bits per heavy atom. The van der Waals surface area contributed by atoms with E-state index in [1.165, 1.54) is 42.7 Å². The number of benzene rings is 4. The van der Waals surface area contributed by atoms with Gasteiger partial charge in [-0.3, -0.25) is 13.9 Å². The molecule has 0 radical (unpaired) electrons. The number of hydrogen-bond acceptors (Lipinski definition) is 14. The third-order valence-corrected chi connectivity index (χ3v) is 13.9. The lowest BCUT2D eigenvalue weighted by atomic mass is 9.80. The van der Waals surface area contributed by atoms with Crippen molar-refractivity contribution in [2.24, 2.45) is 5.92 Å². The molecule has 0 bridgehead atoms. The number of pyridine rings is 1. The number of rotatable bonds is 17. The van der Waals surface area contributed by atoms with Crippen molar-refractivity contribution in [3.05, 3.63) is 180 Å². The molecule has 70 heavy (non-hydrogen) atoms. The predicted molar refractivity (Wildman–Crippen MR) is 255 cm³/mol. The van der Waals surface area contributed by atoms with Crippen molar-refractivity contribution in [2.45, 2.75) is 55.5 Å². The van der Waals surface area contributed by atoms with Gasteiger partial charge in [0.15, 0.2) is 35.6 Å². The average Bonchev–Trinajstić information content (AvgIpc) is 4.06. The molecule has 0 saturated carbocycles. The number of fused-ring (bicyclic) bond motifs is 1. The smallest absolute Gasteiger partial charge is 0.356 e. The zero-order valence-corrected chi connectivity index (χ0v) is 39.6. The minimum atomic E-state index is -4.40. The monoisotopic (exact) mass is 992 g/mol. The fraction of sp³-hybridized carbons (Fsp3) is 0.280. The Kier molecular flexibility index (Phi) is 14.5. The molecule has 1 amide bonds. The number of halogens is 2. The number of nitrogens with zero attached hydrogens (tertiary/aromatic N) is 5. The number of aromatic nitrogens is 5. The molecule has 4 aromatic carbocycles. The summed E-state index contributed by atoms with van der Waals surface area (Å²) in [5, 5.41) is 2.73. The second-order valence-electron chi connectivity index (χ2n) is 16.5. The van der Waals surface area contributed by atoms with Gasteiger partial charge in [-0.15, -0.1) is 0 Å². The van der Waals surface area contributed by atoms with Crippen LogP contribution in [0.5, 0.6) is 5.75 Å². The largest absolute Gasteiger partial charge is 0.497 e. The molecule has 0 aliphatic carbocycles. The molecule has 2 N–H and O–H groups in total. The lowest BCUT2D eigenvalue weighted by Gasteiger charge is -2.37. The molecule has 2 saturated heterocycles. The first-order valence-electron chi connectivity index (χ1n) is 22.1. The first kappa shape index (κ1) is 48.6. The Morgan fingerprint density at radius 2 is 1.47 bits per heavy atom. The quantitative estimate of drug-likeness (QED) is 0.0504. The van der Waals surface area contributed by atoms with Gasteiger partial charge in [0.1, 0.15) is 41.7 Å². The van der Waals surface area contributed by atoms with Gasteiger partial charge in [-0.2, -0.15) is 0 Å². The van der Waals surface area contributed by atoms with Gasteiger partial charge in [-0.1, -0.05) is 97.9 Å². The molecule has 5 heterocycles. The van der Waals surface area contributed by atoms with E-state index in [4.69, 9.17) is 44.5 Å². The van der Waals surface area contributed by atoms with Crippen molar-refractivity contribution >= 4 is 47.4 Å². The van der Waals surface area contributed by atoms with Crippen LogP contribution in [0.2, 0.25) is 0 Å². The van der Waals surface area contributed by atoms with E-state index in [2.05, 4.69) is 25.3 Å². The Balaban J connectivity index is 0.954. The van der Waals surface area contributed by atoms with Crippen LogP contribution in [0.1, 0.15) is 62.4 Å². The van der Waals surface area contributed by atoms with Gasteiger partial charge < -0.3 is 38.4 Å². The van der Waals surface area contributed by atoms with Gasteiger partial charge >= 0.3 is 12.7 Å². The molecule has 1 unspecified atom stereocenters. The number of methoxy groups -OCH3 is 2. The van der Waals surface area contributed by atoms with Crippen LogP contribution in [0, 0.1) is 5.92 Å². The van der Waals surface area contributed by atoms with Crippen LogP contribution < -0.4 is 10.1 Å². The fourth-order valence-corrected chi connectivity index (χ4v) is 10.1. The van der Waals surface area contributed by atoms with E-state index < -0.39 is 79.7 Å². The Bertz CT molecular complexity index is 2940. The maximum absolute atomic E-state index is 17.3. The zero-order valence-electron chi connectivity index (χ0n) is 37.9. The van der Waals surface area contributed by atoms with Gasteiger partial charge in [0, 0.05) is 17.7 Å². The van der Waals surface area contributed by atoms with E-state index in [-0.39, 0.29) is 34.8 Å². The number of hydrogen-bond donors (Lipinski definition) is 2. The second-order valence-corrected chi connectivity index (χ2v) is 19.3. The Morgan fingerprint density at radius 1 is 0.814 bits per heavy atom. The number of carbonyl (C=O) groups excluding carboxylic acids is 2. The van der Waals surface area contributed by atoms with Crippen molar-refractivity contribution in [3.8, 4) is 5.75 Å². The van der Waals surface area contributed by atoms with E-state index in [1.54, 1.807) is 44.4 Å². The number of imidazole rings is 1. The molecule has 20 heteroatoms. The average molecular weight is 993 g/mol. The van der Waals surface area contributed by atoms with Crippen molar-refractivity contribution < 1.29 is 56.0 Å². The van der Waals surface area contributed by atoms with E-state index >= 15 is 8.78 Å². The van der Waals surface area contributed by atoms with E-state index in [0.29, 0.717) is 16.9 Å². The predicted octanol–water partition coefficient (Wildman–Crippen LogP) is 8.25. The fourth-order valence-electron chi connectivity index (χ4n) is 8.70. The van der Waals surface area contributed by atoms with E-state index in [9.17, 15) is 14.5 Å². The molecular weight excluding hydrogens is 946 g/mol. The minimum Gasteiger partial charge on any atom is -0.497 e. The highest BCUT2D eigenvalue weighted by Gasteiger charge is 2.51. The van der Waals surface area contributed by atoms with E-state index in [1.807, 2.05) is 84.9 Å². The normalized spacial score (nSPS) is 23.2. The molecule has 7 aromatic rings. The number of carbonyl (C=O) groups is 2. The first-order valence-corrected chi connectivity index (χ1v) is 24.7. The third-order valence-electron chi connectivity index (χ3n) is 12.4. The molecule has 2 aliphatic heterocycles. The lowest BCUT2D eigenvalue weighted by molar-refractivity contribution is -0.0743. The van der Waals surface area contributed by atoms with E-state index in [0.717, 1.165) is 11.1 Å². The summed E-state index contributed by atoms with van der Waals surface area (Å²) in [7, 11) is 2.77. The number of ether oxygens (including phenoxy) is 5. The van der Waals surface area contributed by atoms with Gasteiger partial charge in [-0.05, 0) is 70.5 Å². The summed E-state index contributed by atoms with van der Waals surface area (Å²) in [6.45, 7) is -3.59. The summed E-state index contributed by atoms with van der Waals surface area (Å²) < 4.78 is 76.7. The lowest BCUT2D eigenvalue weighted by Crippen LogP contribution is -2.38. The number of amides is 1. The Hall–Kier alpha value is -6.41. The molecule has 2 aliphatic rings. The molecule has 9 rings (SSSR count). The highest BCUT2D eigenvalue weighted by Crippen LogP contribution is 2.53. The third kappa shape index (κ3) is 9.84. The van der Waals surface area contributed by atoms with Crippen LogP contribution in [0.4, 0.5) is 14.6 Å². The number of nitrogens with one attached hydrogen (secondary N) is 1. The maximum Gasteiger partial charge on any atom is 0.356 e. The van der Waals surface area contributed by atoms with Crippen LogP contribution in [-0.4, -0.2) is 99.4 Å². The second kappa shape index (κ2) is 20.9. The molecule has 3 aromatic heterocycles. The van der Waals surface area contributed by atoms with Gasteiger partial charge in [-0.25, -0.2) is 33.5 Å². The summed E-state index contributed by atoms with van der Waals surface area (Å²) in [4.78, 5) is 54.1. The summed E-state index contributed by atoms with van der Waals surface area (Å²) in [5.41, 5.74) is 1.87. The van der Waals surface area contributed by atoms with Crippen molar-refractivity contribution in [1.82, 2.24) is 24.5 Å². The van der Waals surface area contributed by atoms with Crippen LogP contribution in [-0.2, 0) is 45.4 Å². The van der Waals surface area contributed by atoms with Crippen LogP contribution in [0.25, 0.3) is 11.2 Å². The van der Waals surface area contributed by atoms with Crippen molar-refractivity contribution in [1.29, 1.82) is 0 Å². The van der Waals surface area contributed by atoms with Gasteiger partial charge in [0.05, 0.1) is 39.9 Å². The highest BCUT2D eigenvalue weighted by atomic mass is 32.5. The van der Waals surface area contributed by atoms with Crippen molar-refractivity contribution in [2.75, 3.05) is 32.8 Å². The Labute approximate surface area is 406 Å². The standard InChI is InChI=1S/C50H47F2N6O10PS/c1-30-38(67-48(40(30)51)58-29-56-42-45(54-28-55-46(42)58)57-47(59)31-13-7-4-8-14-31)27-65-69(61,70)68-44-41(52)39(66-43(44)32-23-24-53-37(25-32)49(60)63-3)26-64-50(33-15-9-5-10-16-33,34-17-11-6-12-18-34)35-19-21-36(62-2)22-20-35/h4-25,28-30,38-41,43-44,48H,26-27H2,1-3H3,(H,61,70)(H,54,55,57,59)/t30-,38-,39-,40-,41-,43+,44-,48-,69?/m1/s1. The summed E-state index contributed by atoms with van der Waals surface area (Å²) in [6.07, 6.45) is -6.22. The number of esters is 1. The molecule has 0 spiro atoms. The molecule has 2 fully saturated rings. The zero-order chi connectivity index (χ0) is 49.0.